The van der Waals surface area contributed by atoms with E-state index in [9.17, 15) is 0 Å². The van der Waals surface area contributed by atoms with Crippen molar-refractivity contribution >= 4 is 22.8 Å². The molecule has 0 saturated carbocycles. The fourth-order valence-electron chi connectivity index (χ4n) is 2.59. The number of aromatic nitrogens is 3. The topological polar surface area (TPSA) is 46.3 Å². The van der Waals surface area contributed by atoms with Gasteiger partial charge in [0.05, 0.1) is 5.69 Å². The molecule has 2 aromatic rings. The van der Waals surface area contributed by atoms with Gasteiger partial charge < -0.3 is 4.90 Å². The molecule has 0 saturated heterocycles. The van der Waals surface area contributed by atoms with Gasteiger partial charge in [-0.1, -0.05) is 0 Å². The molecule has 1 aliphatic rings. The van der Waals surface area contributed by atoms with Gasteiger partial charge in [-0.05, 0) is 51.5 Å². The first kappa shape index (κ1) is 14.5. The molecule has 0 fully saturated rings. The molecule has 1 aromatic carbocycles. The first-order valence-corrected chi connectivity index (χ1v) is 7.37. The molecule has 0 radical (unpaired) electrons. The number of hydrogen-bond donors (Lipinski definition) is 0. The van der Waals surface area contributed by atoms with Crippen molar-refractivity contribution in [2.75, 3.05) is 19.0 Å². The van der Waals surface area contributed by atoms with Crippen molar-refractivity contribution in [3.63, 3.8) is 0 Å². The lowest BCUT2D eigenvalue weighted by Gasteiger charge is -2.14. The van der Waals surface area contributed by atoms with E-state index in [2.05, 4.69) is 54.0 Å². The Hall–Kier alpha value is -2.43. The van der Waals surface area contributed by atoms with Crippen LogP contribution in [-0.2, 0) is 0 Å². The Balaban J connectivity index is 2.10. The van der Waals surface area contributed by atoms with Crippen LogP contribution in [0.3, 0.4) is 0 Å². The van der Waals surface area contributed by atoms with Crippen molar-refractivity contribution in [3.05, 3.63) is 41.0 Å². The van der Waals surface area contributed by atoms with Crippen molar-refractivity contribution in [1.82, 2.24) is 14.8 Å². The molecule has 1 aromatic heterocycles. The average molecular weight is 295 g/mol. The summed E-state index contributed by atoms with van der Waals surface area (Å²) in [5, 5.41) is 4.47. The summed E-state index contributed by atoms with van der Waals surface area (Å²) in [4.78, 5) is 11.4. The van der Waals surface area contributed by atoms with Gasteiger partial charge in [0.1, 0.15) is 5.82 Å². The Kier molecular flexibility index (Phi) is 3.35. The van der Waals surface area contributed by atoms with Crippen molar-refractivity contribution in [2.45, 2.75) is 27.7 Å². The predicted octanol–water partition coefficient (Wildman–Crippen LogP) is 3.35. The molecular formula is C17H21N5. The lowest BCUT2D eigenvalue weighted by atomic mass is 10.1. The second kappa shape index (κ2) is 5.09. The first-order valence-electron chi connectivity index (χ1n) is 7.37. The van der Waals surface area contributed by atoms with Gasteiger partial charge in [0.2, 0.25) is 0 Å². The normalized spacial score (nSPS) is 15.6. The van der Waals surface area contributed by atoms with Gasteiger partial charge in [0.15, 0.2) is 11.7 Å². The van der Waals surface area contributed by atoms with E-state index < -0.39 is 0 Å². The molecule has 5 nitrogen and oxygen atoms in total. The van der Waals surface area contributed by atoms with Crippen LogP contribution in [0.5, 0.6) is 0 Å². The van der Waals surface area contributed by atoms with Gasteiger partial charge in [0.25, 0.3) is 0 Å². The molecule has 2 heterocycles. The molecule has 1 aliphatic heterocycles. The highest BCUT2D eigenvalue weighted by atomic mass is 15.4. The van der Waals surface area contributed by atoms with Gasteiger partial charge >= 0.3 is 0 Å². The van der Waals surface area contributed by atoms with E-state index in [1.54, 1.807) is 0 Å². The van der Waals surface area contributed by atoms with E-state index in [1.807, 2.05) is 25.7 Å². The Morgan fingerprint density at radius 3 is 2.41 bits per heavy atom. The maximum absolute atomic E-state index is 4.84. The van der Waals surface area contributed by atoms with Crippen molar-refractivity contribution < 1.29 is 0 Å². The van der Waals surface area contributed by atoms with Crippen molar-refractivity contribution in [2.24, 2.45) is 4.99 Å². The smallest absolute Gasteiger partial charge is 0.161 e. The molecule has 0 bridgehead atoms. The third-order valence-corrected chi connectivity index (χ3v) is 4.07. The summed E-state index contributed by atoms with van der Waals surface area (Å²) >= 11 is 0. The monoisotopic (exact) mass is 295 g/mol. The zero-order valence-electron chi connectivity index (χ0n) is 14.0. The number of hydrogen-bond acceptors (Lipinski definition) is 4. The number of anilines is 1. The number of fused-ring (bicyclic) bond motifs is 1. The molecule has 114 valence electrons. The second-order valence-electron chi connectivity index (χ2n) is 5.95. The SMILES string of the molecule is CC1=C(C)c2nc(C)nn2C1=Nc1ccc(N(C)C)cc1C. The van der Waals surface area contributed by atoms with Crippen LogP contribution in [0.4, 0.5) is 11.4 Å². The Labute approximate surface area is 131 Å². The Bertz CT molecular complexity index is 808. The summed E-state index contributed by atoms with van der Waals surface area (Å²) in [5.74, 6) is 2.54. The molecule has 0 unspecified atom stereocenters. The van der Waals surface area contributed by atoms with Crippen LogP contribution in [-0.4, -0.2) is 34.7 Å². The summed E-state index contributed by atoms with van der Waals surface area (Å²) in [7, 11) is 4.08. The number of rotatable bonds is 2. The fourth-order valence-corrected chi connectivity index (χ4v) is 2.59. The number of nitrogens with zero attached hydrogens (tertiary/aromatic N) is 5. The van der Waals surface area contributed by atoms with Crippen molar-refractivity contribution in [3.8, 4) is 0 Å². The van der Waals surface area contributed by atoms with Crippen LogP contribution in [0.15, 0.2) is 28.8 Å². The standard InChI is InChI=1S/C17H21N5/c1-10-9-14(21(5)6)7-8-15(10)19-17-12(3)11(2)16-18-13(4)20-22(16)17/h7-9H,1-6H3. The molecule has 0 aliphatic carbocycles. The second-order valence-corrected chi connectivity index (χ2v) is 5.95. The van der Waals surface area contributed by atoms with Gasteiger partial charge in [-0.25, -0.2) is 9.98 Å². The predicted molar refractivity (Wildman–Crippen MR) is 91.0 cm³/mol. The maximum atomic E-state index is 4.84. The molecule has 0 spiro atoms. The zero-order chi connectivity index (χ0) is 16.0. The van der Waals surface area contributed by atoms with E-state index in [4.69, 9.17) is 4.99 Å². The number of allylic oxidation sites excluding steroid dienone is 2. The maximum Gasteiger partial charge on any atom is 0.161 e. The summed E-state index contributed by atoms with van der Waals surface area (Å²) in [6.45, 7) is 8.13. The van der Waals surface area contributed by atoms with Crippen LogP contribution in [0.25, 0.3) is 5.57 Å². The van der Waals surface area contributed by atoms with E-state index >= 15 is 0 Å². The van der Waals surface area contributed by atoms with E-state index in [-0.39, 0.29) is 0 Å². The van der Waals surface area contributed by atoms with Crippen LogP contribution in [0, 0.1) is 13.8 Å². The van der Waals surface area contributed by atoms with Gasteiger partial charge in [0, 0.05) is 30.9 Å². The van der Waals surface area contributed by atoms with Gasteiger partial charge in [-0.15, -0.1) is 5.10 Å². The molecule has 0 amide bonds. The Morgan fingerprint density at radius 2 is 1.77 bits per heavy atom. The molecule has 3 rings (SSSR count). The minimum absolute atomic E-state index is 0.772. The van der Waals surface area contributed by atoms with Crippen LogP contribution in [0.2, 0.25) is 0 Å². The molecule has 0 N–H and O–H groups in total. The first-order chi connectivity index (χ1) is 10.4. The third kappa shape index (κ3) is 2.22. The zero-order valence-corrected chi connectivity index (χ0v) is 14.0. The summed E-state index contributed by atoms with van der Waals surface area (Å²) in [6.07, 6.45) is 0. The van der Waals surface area contributed by atoms with Crippen LogP contribution >= 0.6 is 0 Å². The fraction of sp³-hybridized carbons (Fsp3) is 0.353. The Morgan fingerprint density at radius 1 is 1.05 bits per heavy atom. The number of aliphatic imine (C=N–C) groups is 1. The lowest BCUT2D eigenvalue weighted by molar-refractivity contribution is 0.909. The third-order valence-electron chi connectivity index (χ3n) is 4.07. The largest absolute Gasteiger partial charge is 0.378 e. The van der Waals surface area contributed by atoms with Crippen molar-refractivity contribution in [1.29, 1.82) is 0 Å². The van der Waals surface area contributed by atoms with E-state index in [0.717, 1.165) is 39.9 Å². The van der Waals surface area contributed by atoms with E-state index in [0.29, 0.717) is 0 Å². The molecule has 22 heavy (non-hydrogen) atoms. The highest BCUT2D eigenvalue weighted by molar-refractivity contribution is 6.10. The quantitative estimate of drug-likeness (QED) is 0.853. The highest BCUT2D eigenvalue weighted by Crippen LogP contribution is 2.30. The van der Waals surface area contributed by atoms with Crippen LogP contribution in [0.1, 0.15) is 31.1 Å². The minimum atomic E-state index is 0.772. The average Bonchev–Trinajstić information content (AvgIpc) is 2.93. The summed E-state index contributed by atoms with van der Waals surface area (Å²) in [6, 6.07) is 6.29. The minimum Gasteiger partial charge on any atom is -0.378 e. The van der Waals surface area contributed by atoms with Gasteiger partial charge in [-0.2, -0.15) is 4.68 Å². The molecule has 0 atom stereocenters. The molecular weight excluding hydrogens is 274 g/mol. The number of aryl methyl sites for hydroxylation is 2. The summed E-state index contributed by atoms with van der Waals surface area (Å²) < 4.78 is 1.85. The van der Waals surface area contributed by atoms with Crippen LogP contribution < -0.4 is 4.90 Å². The lowest BCUT2D eigenvalue weighted by Crippen LogP contribution is -2.11. The molecule has 5 heteroatoms. The van der Waals surface area contributed by atoms with Gasteiger partial charge in [-0.3, -0.25) is 0 Å². The highest BCUT2D eigenvalue weighted by Gasteiger charge is 2.25. The summed E-state index contributed by atoms with van der Waals surface area (Å²) in [5.41, 5.74) is 5.56. The van der Waals surface area contributed by atoms with E-state index in [1.165, 1.54) is 5.69 Å². The number of benzene rings is 1.